The fourth-order valence-electron chi connectivity index (χ4n) is 2.31. The Balaban J connectivity index is 1.80. The number of carbonyl (C=O) groups excluding carboxylic acids is 1. The number of rotatable bonds is 3. The molecule has 1 N–H and O–H groups in total. The highest BCUT2D eigenvalue weighted by Gasteiger charge is 2.19. The van der Waals surface area contributed by atoms with Gasteiger partial charge in [0.1, 0.15) is 5.82 Å². The molecular formula is C14H18BrFN2O. The maximum atomic E-state index is 13.1. The standard InChI is InChI=1S/C14H18BrFN2O/c1-10(19)18-6-4-12(5-7-18)17-9-11-2-3-14(16)13(15)8-11/h2-3,8,12,17H,4-7,9H2,1H3. The van der Waals surface area contributed by atoms with Crippen LogP contribution in [0.2, 0.25) is 0 Å². The minimum atomic E-state index is -0.237. The predicted molar refractivity (Wildman–Crippen MR) is 76.2 cm³/mol. The number of hydrogen-bond donors (Lipinski definition) is 1. The molecule has 0 aromatic heterocycles. The van der Waals surface area contributed by atoms with Crippen LogP contribution < -0.4 is 5.32 Å². The van der Waals surface area contributed by atoms with Gasteiger partial charge in [-0.3, -0.25) is 4.79 Å². The Kier molecular flexibility index (Phi) is 4.93. The van der Waals surface area contributed by atoms with Gasteiger partial charge in [0.25, 0.3) is 0 Å². The van der Waals surface area contributed by atoms with Crippen LogP contribution in [0, 0.1) is 5.82 Å². The van der Waals surface area contributed by atoms with Gasteiger partial charge in [-0.15, -0.1) is 0 Å². The van der Waals surface area contributed by atoms with E-state index >= 15 is 0 Å². The van der Waals surface area contributed by atoms with Gasteiger partial charge in [-0.05, 0) is 46.5 Å². The highest BCUT2D eigenvalue weighted by molar-refractivity contribution is 9.10. The van der Waals surface area contributed by atoms with Gasteiger partial charge < -0.3 is 10.2 Å². The molecule has 0 atom stereocenters. The number of hydrogen-bond acceptors (Lipinski definition) is 2. The van der Waals surface area contributed by atoms with E-state index in [1.54, 1.807) is 19.1 Å². The lowest BCUT2D eigenvalue weighted by Gasteiger charge is -2.31. The number of nitrogens with zero attached hydrogens (tertiary/aromatic N) is 1. The van der Waals surface area contributed by atoms with Gasteiger partial charge in [0.15, 0.2) is 0 Å². The van der Waals surface area contributed by atoms with Crippen molar-refractivity contribution in [2.75, 3.05) is 13.1 Å². The Morgan fingerprint density at radius 2 is 2.16 bits per heavy atom. The monoisotopic (exact) mass is 328 g/mol. The smallest absolute Gasteiger partial charge is 0.219 e. The average molecular weight is 329 g/mol. The van der Waals surface area contributed by atoms with Crippen molar-refractivity contribution in [3.63, 3.8) is 0 Å². The molecule has 1 aromatic rings. The van der Waals surface area contributed by atoms with Gasteiger partial charge in [-0.1, -0.05) is 6.07 Å². The third-order valence-corrected chi connectivity index (χ3v) is 4.13. The normalized spacial score (nSPS) is 16.7. The third kappa shape index (κ3) is 4.01. The summed E-state index contributed by atoms with van der Waals surface area (Å²) in [6.07, 6.45) is 1.95. The van der Waals surface area contributed by atoms with Crippen LogP contribution in [-0.2, 0) is 11.3 Å². The number of benzene rings is 1. The van der Waals surface area contributed by atoms with Crippen LogP contribution in [0.3, 0.4) is 0 Å². The molecule has 0 unspecified atom stereocenters. The van der Waals surface area contributed by atoms with Gasteiger partial charge in [-0.2, -0.15) is 0 Å². The molecule has 1 fully saturated rings. The molecule has 0 saturated carbocycles. The molecule has 0 spiro atoms. The number of likely N-dealkylation sites (tertiary alicyclic amines) is 1. The van der Waals surface area contributed by atoms with E-state index in [-0.39, 0.29) is 11.7 Å². The van der Waals surface area contributed by atoms with Crippen LogP contribution in [0.15, 0.2) is 22.7 Å². The summed E-state index contributed by atoms with van der Waals surface area (Å²) in [6, 6.07) is 5.49. The van der Waals surface area contributed by atoms with Gasteiger partial charge in [-0.25, -0.2) is 4.39 Å². The fraction of sp³-hybridized carbons (Fsp3) is 0.500. The molecule has 5 heteroatoms. The lowest BCUT2D eigenvalue weighted by Crippen LogP contribution is -2.43. The quantitative estimate of drug-likeness (QED) is 0.925. The molecule has 1 aliphatic rings. The van der Waals surface area contributed by atoms with Crippen LogP contribution in [-0.4, -0.2) is 29.9 Å². The van der Waals surface area contributed by atoms with Gasteiger partial charge in [0.2, 0.25) is 5.91 Å². The number of halogens is 2. The van der Waals surface area contributed by atoms with Crippen molar-refractivity contribution in [3.8, 4) is 0 Å². The SMILES string of the molecule is CC(=O)N1CCC(NCc2ccc(F)c(Br)c2)CC1. The zero-order chi connectivity index (χ0) is 13.8. The minimum Gasteiger partial charge on any atom is -0.343 e. The molecule has 1 aliphatic heterocycles. The number of carbonyl (C=O) groups is 1. The fourth-order valence-corrected chi connectivity index (χ4v) is 2.74. The number of nitrogens with one attached hydrogen (secondary N) is 1. The van der Waals surface area contributed by atoms with E-state index in [0.717, 1.165) is 38.0 Å². The minimum absolute atomic E-state index is 0.154. The highest BCUT2D eigenvalue weighted by atomic mass is 79.9. The van der Waals surface area contributed by atoms with E-state index in [4.69, 9.17) is 0 Å². The Bertz CT molecular complexity index is 459. The Hall–Kier alpha value is -0.940. The summed E-state index contributed by atoms with van der Waals surface area (Å²) in [5.41, 5.74) is 1.06. The Morgan fingerprint density at radius 1 is 1.47 bits per heavy atom. The molecule has 1 heterocycles. The topological polar surface area (TPSA) is 32.3 Å². The van der Waals surface area contributed by atoms with Crippen molar-refractivity contribution in [3.05, 3.63) is 34.1 Å². The summed E-state index contributed by atoms with van der Waals surface area (Å²) in [4.78, 5) is 13.1. The second kappa shape index (κ2) is 6.48. The van der Waals surface area contributed by atoms with E-state index in [0.29, 0.717) is 10.5 Å². The summed E-state index contributed by atoms with van der Waals surface area (Å²) in [6.45, 7) is 3.98. The van der Waals surface area contributed by atoms with Crippen molar-refractivity contribution in [2.24, 2.45) is 0 Å². The van der Waals surface area contributed by atoms with Crippen molar-refractivity contribution in [1.82, 2.24) is 10.2 Å². The molecule has 1 saturated heterocycles. The summed E-state index contributed by atoms with van der Waals surface area (Å²) >= 11 is 3.19. The zero-order valence-corrected chi connectivity index (χ0v) is 12.5. The zero-order valence-electron chi connectivity index (χ0n) is 11.0. The molecule has 1 amide bonds. The van der Waals surface area contributed by atoms with Crippen LogP contribution in [0.25, 0.3) is 0 Å². The third-order valence-electron chi connectivity index (χ3n) is 3.52. The lowest BCUT2D eigenvalue weighted by molar-refractivity contribution is -0.129. The van der Waals surface area contributed by atoms with Crippen molar-refractivity contribution in [2.45, 2.75) is 32.4 Å². The summed E-state index contributed by atoms with van der Waals surface area (Å²) in [7, 11) is 0. The molecule has 2 rings (SSSR count). The lowest BCUT2D eigenvalue weighted by atomic mass is 10.0. The summed E-state index contributed by atoms with van der Waals surface area (Å²) < 4.78 is 13.6. The van der Waals surface area contributed by atoms with Crippen LogP contribution in [0.5, 0.6) is 0 Å². The Labute approximate surface area is 121 Å². The van der Waals surface area contributed by atoms with Gasteiger partial charge >= 0.3 is 0 Å². The maximum Gasteiger partial charge on any atom is 0.219 e. The van der Waals surface area contributed by atoms with Crippen molar-refractivity contribution in [1.29, 1.82) is 0 Å². The molecule has 3 nitrogen and oxygen atoms in total. The largest absolute Gasteiger partial charge is 0.343 e. The predicted octanol–water partition coefficient (Wildman–Crippen LogP) is 2.69. The summed E-state index contributed by atoms with van der Waals surface area (Å²) in [5, 5.41) is 3.46. The maximum absolute atomic E-state index is 13.1. The van der Waals surface area contributed by atoms with E-state index in [9.17, 15) is 9.18 Å². The van der Waals surface area contributed by atoms with Crippen LogP contribution >= 0.6 is 15.9 Å². The first-order valence-corrected chi connectivity index (χ1v) is 7.28. The van der Waals surface area contributed by atoms with E-state index in [2.05, 4.69) is 21.2 Å². The van der Waals surface area contributed by atoms with Gasteiger partial charge in [0, 0.05) is 32.6 Å². The first-order chi connectivity index (χ1) is 9.06. The van der Waals surface area contributed by atoms with Gasteiger partial charge in [0.05, 0.1) is 4.47 Å². The first kappa shape index (κ1) is 14.5. The van der Waals surface area contributed by atoms with Crippen molar-refractivity contribution < 1.29 is 9.18 Å². The molecule has 0 aliphatic carbocycles. The highest BCUT2D eigenvalue weighted by Crippen LogP contribution is 2.17. The van der Waals surface area contributed by atoms with Crippen LogP contribution in [0.4, 0.5) is 4.39 Å². The average Bonchev–Trinajstić information content (AvgIpc) is 2.40. The molecule has 19 heavy (non-hydrogen) atoms. The second-order valence-electron chi connectivity index (χ2n) is 4.91. The van der Waals surface area contributed by atoms with Crippen LogP contribution in [0.1, 0.15) is 25.3 Å². The molecule has 0 bridgehead atoms. The van der Waals surface area contributed by atoms with E-state index in [1.165, 1.54) is 6.07 Å². The van der Waals surface area contributed by atoms with E-state index in [1.807, 2.05) is 4.90 Å². The first-order valence-electron chi connectivity index (χ1n) is 6.49. The second-order valence-corrected chi connectivity index (χ2v) is 5.76. The molecule has 0 radical (unpaired) electrons. The molecule has 1 aromatic carbocycles. The molecular weight excluding hydrogens is 311 g/mol. The molecule has 104 valence electrons. The van der Waals surface area contributed by atoms with Crippen molar-refractivity contribution >= 4 is 21.8 Å². The number of piperidine rings is 1. The summed E-state index contributed by atoms with van der Waals surface area (Å²) in [5.74, 6) is -0.0839. The number of amides is 1. The van der Waals surface area contributed by atoms with E-state index < -0.39 is 0 Å². The Morgan fingerprint density at radius 3 is 2.74 bits per heavy atom.